The Morgan fingerprint density at radius 1 is 1.35 bits per heavy atom. The summed E-state index contributed by atoms with van der Waals surface area (Å²) in [5, 5.41) is 10.2. The van der Waals surface area contributed by atoms with Crippen molar-refractivity contribution in [2.75, 3.05) is 6.61 Å². The van der Waals surface area contributed by atoms with Gasteiger partial charge in [0.2, 0.25) is 0 Å². The molecule has 0 heterocycles. The van der Waals surface area contributed by atoms with Crippen molar-refractivity contribution < 1.29 is 18.6 Å². The molecular formula is C16H18F2O2. The molecule has 1 aromatic carbocycles. The Morgan fingerprint density at radius 3 is 2.80 bits per heavy atom. The lowest BCUT2D eigenvalue weighted by Gasteiger charge is -2.27. The summed E-state index contributed by atoms with van der Waals surface area (Å²) in [5.41, 5.74) is 0.739. The number of rotatable bonds is 5. The molecular weight excluding hydrogens is 262 g/mol. The summed E-state index contributed by atoms with van der Waals surface area (Å²) in [5.74, 6) is -3.10. The zero-order valence-corrected chi connectivity index (χ0v) is 11.4. The van der Waals surface area contributed by atoms with Crippen LogP contribution in [0.15, 0.2) is 36.4 Å². The van der Waals surface area contributed by atoms with E-state index in [0.29, 0.717) is 12.2 Å². The highest BCUT2D eigenvalue weighted by Crippen LogP contribution is 2.29. The maximum absolute atomic E-state index is 13.7. The van der Waals surface area contributed by atoms with Gasteiger partial charge in [-0.05, 0) is 24.1 Å². The van der Waals surface area contributed by atoms with Crippen LogP contribution in [0.5, 0.6) is 0 Å². The molecule has 1 N–H and O–H groups in total. The summed E-state index contributed by atoms with van der Waals surface area (Å²) in [6, 6.07) is 4.05. The lowest BCUT2D eigenvalue weighted by Crippen LogP contribution is -2.31. The Balaban J connectivity index is 2.10. The fraction of sp³-hybridized carbons (Fsp3) is 0.375. The number of benzene rings is 1. The van der Waals surface area contributed by atoms with Gasteiger partial charge in [0, 0.05) is 12.0 Å². The second-order valence-electron chi connectivity index (χ2n) is 4.85. The lowest BCUT2D eigenvalue weighted by atomic mass is 9.96. The summed E-state index contributed by atoms with van der Waals surface area (Å²) >= 11 is 0. The van der Waals surface area contributed by atoms with Crippen molar-refractivity contribution in [1.82, 2.24) is 0 Å². The van der Waals surface area contributed by atoms with Crippen molar-refractivity contribution in [1.29, 1.82) is 0 Å². The molecule has 2 nitrogen and oxygen atoms in total. The summed E-state index contributed by atoms with van der Waals surface area (Å²) in [6.07, 6.45) is 6.78. The first-order valence-electron chi connectivity index (χ1n) is 6.76. The SMILES string of the molecule is CCCCOC1(O)C=CC(c2cccc(F)c2F)=CC1. The Kier molecular flexibility index (Phi) is 4.68. The van der Waals surface area contributed by atoms with E-state index in [1.54, 1.807) is 12.2 Å². The van der Waals surface area contributed by atoms with Crippen molar-refractivity contribution in [2.45, 2.75) is 32.0 Å². The van der Waals surface area contributed by atoms with Crippen LogP contribution in [-0.4, -0.2) is 17.5 Å². The average Bonchev–Trinajstić information content (AvgIpc) is 2.43. The van der Waals surface area contributed by atoms with Crippen molar-refractivity contribution in [3.63, 3.8) is 0 Å². The molecule has 0 amide bonds. The Hall–Kier alpha value is -1.52. The molecule has 0 bridgehead atoms. The smallest absolute Gasteiger partial charge is 0.189 e. The Morgan fingerprint density at radius 2 is 2.15 bits per heavy atom. The monoisotopic (exact) mass is 280 g/mol. The molecule has 1 aromatic rings. The van der Waals surface area contributed by atoms with Crippen LogP contribution >= 0.6 is 0 Å². The molecule has 0 saturated heterocycles. The molecule has 1 unspecified atom stereocenters. The van der Waals surface area contributed by atoms with E-state index in [0.717, 1.165) is 18.9 Å². The van der Waals surface area contributed by atoms with E-state index in [1.165, 1.54) is 18.2 Å². The minimum absolute atomic E-state index is 0.192. The highest BCUT2D eigenvalue weighted by molar-refractivity contribution is 5.75. The first kappa shape index (κ1) is 14.9. The van der Waals surface area contributed by atoms with Gasteiger partial charge >= 0.3 is 0 Å². The minimum atomic E-state index is -1.34. The molecule has 2 rings (SSSR count). The third kappa shape index (κ3) is 3.32. The van der Waals surface area contributed by atoms with Crippen LogP contribution in [0.1, 0.15) is 31.7 Å². The number of aliphatic hydroxyl groups is 1. The molecule has 0 fully saturated rings. The van der Waals surface area contributed by atoms with Crippen LogP contribution in [0.2, 0.25) is 0 Å². The van der Waals surface area contributed by atoms with Crippen LogP contribution < -0.4 is 0 Å². The third-order valence-electron chi connectivity index (χ3n) is 3.25. The predicted molar refractivity (Wildman–Crippen MR) is 73.9 cm³/mol. The first-order chi connectivity index (χ1) is 9.56. The average molecular weight is 280 g/mol. The van der Waals surface area contributed by atoms with Crippen molar-refractivity contribution in [2.24, 2.45) is 0 Å². The summed E-state index contributed by atoms with van der Waals surface area (Å²) in [4.78, 5) is 0. The van der Waals surface area contributed by atoms with Gasteiger partial charge in [0.15, 0.2) is 17.4 Å². The zero-order valence-electron chi connectivity index (χ0n) is 11.4. The van der Waals surface area contributed by atoms with Crippen molar-refractivity contribution in [3.8, 4) is 0 Å². The van der Waals surface area contributed by atoms with Gasteiger partial charge in [-0.25, -0.2) is 8.78 Å². The zero-order chi connectivity index (χ0) is 14.6. The van der Waals surface area contributed by atoms with Gasteiger partial charge in [0.1, 0.15) is 0 Å². The first-order valence-corrected chi connectivity index (χ1v) is 6.76. The molecule has 4 heteroatoms. The highest BCUT2D eigenvalue weighted by atomic mass is 19.2. The van der Waals surface area contributed by atoms with E-state index >= 15 is 0 Å². The molecule has 0 radical (unpaired) electrons. The number of halogens is 2. The molecule has 20 heavy (non-hydrogen) atoms. The van der Waals surface area contributed by atoms with Crippen LogP contribution in [0, 0.1) is 11.6 Å². The largest absolute Gasteiger partial charge is 0.362 e. The van der Waals surface area contributed by atoms with Gasteiger partial charge in [-0.3, -0.25) is 0 Å². The Labute approximate surface area is 117 Å². The van der Waals surface area contributed by atoms with Gasteiger partial charge < -0.3 is 9.84 Å². The summed E-state index contributed by atoms with van der Waals surface area (Å²) in [7, 11) is 0. The third-order valence-corrected chi connectivity index (χ3v) is 3.25. The van der Waals surface area contributed by atoms with E-state index in [1.807, 2.05) is 6.92 Å². The van der Waals surface area contributed by atoms with Gasteiger partial charge in [-0.2, -0.15) is 0 Å². The van der Waals surface area contributed by atoms with E-state index in [4.69, 9.17) is 4.74 Å². The lowest BCUT2D eigenvalue weighted by molar-refractivity contribution is -0.164. The summed E-state index contributed by atoms with van der Waals surface area (Å²) in [6.45, 7) is 2.50. The molecule has 108 valence electrons. The van der Waals surface area contributed by atoms with E-state index in [9.17, 15) is 13.9 Å². The predicted octanol–water partition coefficient (Wildman–Crippen LogP) is 3.81. The maximum Gasteiger partial charge on any atom is 0.189 e. The van der Waals surface area contributed by atoms with Gasteiger partial charge in [-0.15, -0.1) is 0 Å². The van der Waals surface area contributed by atoms with Crippen LogP contribution in [0.25, 0.3) is 5.57 Å². The van der Waals surface area contributed by atoms with Crippen LogP contribution in [0.3, 0.4) is 0 Å². The minimum Gasteiger partial charge on any atom is -0.362 e. The fourth-order valence-electron chi connectivity index (χ4n) is 2.04. The molecule has 0 saturated carbocycles. The van der Waals surface area contributed by atoms with E-state index in [2.05, 4.69) is 0 Å². The van der Waals surface area contributed by atoms with Crippen LogP contribution in [0.4, 0.5) is 8.78 Å². The summed E-state index contributed by atoms with van der Waals surface area (Å²) < 4.78 is 32.3. The highest BCUT2D eigenvalue weighted by Gasteiger charge is 2.26. The number of ether oxygens (including phenoxy) is 1. The van der Waals surface area contributed by atoms with Gasteiger partial charge in [-0.1, -0.05) is 37.6 Å². The molecule has 0 aromatic heterocycles. The Bertz CT molecular complexity index is 537. The number of unbranched alkanes of at least 4 members (excludes halogenated alkanes) is 1. The van der Waals surface area contributed by atoms with E-state index < -0.39 is 17.4 Å². The second-order valence-corrected chi connectivity index (χ2v) is 4.85. The number of hydrogen-bond acceptors (Lipinski definition) is 2. The fourth-order valence-corrected chi connectivity index (χ4v) is 2.04. The molecule has 0 spiro atoms. The van der Waals surface area contributed by atoms with Gasteiger partial charge in [0.25, 0.3) is 0 Å². The molecule has 1 aliphatic rings. The normalized spacial score (nSPS) is 21.9. The number of hydrogen-bond donors (Lipinski definition) is 1. The molecule has 0 aliphatic heterocycles. The van der Waals surface area contributed by atoms with Crippen molar-refractivity contribution >= 4 is 5.57 Å². The van der Waals surface area contributed by atoms with E-state index in [-0.39, 0.29) is 12.0 Å². The maximum atomic E-state index is 13.7. The second kappa shape index (κ2) is 6.29. The van der Waals surface area contributed by atoms with Crippen molar-refractivity contribution in [3.05, 3.63) is 53.6 Å². The standard InChI is InChI=1S/C16H18F2O2/c1-2-3-11-20-16(19)9-7-12(8-10-16)13-5-4-6-14(17)15(13)18/h4-9,19H,2-3,10-11H2,1H3. The molecule has 1 atom stereocenters. The quantitative estimate of drug-likeness (QED) is 0.656. The van der Waals surface area contributed by atoms with Crippen LogP contribution in [-0.2, 0) is 4.74 Å². The number of allylic oxidation sites excluding steroid dienone is 2. The van der Waals surface area contributed by atoms with Gasteiger partial charge in [0.05, 0.1) is 6.61 Å². The topological polar surface area (TPSA) is 29.5 Å². The molecule has 1 aliphatic carbocycles.